The van der Waals surface area contributed by atoms with Gasteiger partial charge < -0.3 is 0 Å². The lowest BCUT2D eigenvalue weighted by molar-refractivity contribution is 0.587. The van der Waals surface area contributed by atoms with Crippen LogP contribution < -0.4 is 0 Å². The van der Waals surface area contributed by atoms with Crippen molar-refractivity contribution in [2.24, 2.45) is 0 Å². The van der Waals surface area contributed by atoms with E-state index in [9.17, 15) is 0 Å². The second-order valence-corrected chi connectivity index (χ2v) is 9.27. The molecule has 3 rings (SSSR count). The number of fused-ring (bicyclic) bond motifs is 2. The van der Waals surface area contributed by atoms with Crippen LogP contribution in [0, 0.1) is 6.92 Å². The Hall–Kier alpha value is -1.56. The second-order valence-electron chi connectivity index (χ2n) is 9.27. The molecule has 1 aliphatic rings. The normalized spacial score (nSPS) is 14.4. The minimum atomic E-state index is 0.216. The Bertz CT molecular complexity index is 749. The summed E-state index contributed by atoms with van der Waals surface area (Å²) in [6, 6.07) is 12.0. The molecule has 2 aromatic carbocycles. The summed E-state index contributed by atoms with van der Waals surface area (Å²) in [4.78, 5) is 0. The van der Waals surface area contributed by atoms with Gasteiger partial charge in [-0.2, -0.15) is 0 Å². The fourth-order valence-electron chi connectivity index (χ4n) is 3.56. The lowest BCUT2D eigenvalue weighted by Crippen LogP contribution is -2.17. The van der Waals surface area contributed by atoms with E-state index >= 15 is 0 Å². The molecule has 23 heavy (non-hydrogen) atoms. The van der Waals surface area contributed by atoms with E-state index < -0.39 is 0 Å². The molecule has 122 valence electrons. The fraction of sp³-hybridized carbons (Fsp3) is 0.478. The summed E-state index contributed by atoms with van der Waals surface area (Å²) in [5, 5.41) is 0. The van der Waals surface area contributed by atoms with E-state index in [1.807, 2.05) is 0 Å². The van der Waals surface area contributed by atoms with E-state index in [2.05, 4.69) is 78.8 Å². The Morgan fingerprint density at radius 1 is 0.652 bits per heavy atom. The molecule has 0 unspecified atom stereocenters. The molecule has 0 bridgehead atoms. The number of hydrogen-bond donors (Lipinski definition) is 0. The van der Waals surface area contributed by atoms with Crippen molar-refractivity contribution in [2.45, 2.75) is 72.1 Å². The molecule has 0 heteroatoms. The molecule has 2 aromatic rings. The first-order valence-electron chi connectivity index (χ1n) is 8.81. The summed E-state index contributed by atoms with van der Waals surface area (Å²) < 4.78 is 0. The molecule has 0 N–H and O–H groups in total. The zero-order valence-corrected chi connectivity index (χ0v) is 15.8. The first-order valence-corrected chi connectivity index (χ1v) is 8.81. The van der Waals surface area contributed by atoms with E-state index in [4.69, 9.17) is 0 Å². The molecule has 0 radical (unpaired) electrons. The average Bonchev–Trinajstić information content (AvgIpc) is 2.43. The van der Waals surface area contributed by atoms with Crippen molar-refractivity contribution in [3.63, 3.8) is 0 Å². The van der Waals surface area contributed by atoms with Crippen LogP contribution in [-0.4, -0.2) is 0 Å². The third-order valence-electron chi connectivity index (χ3n) is 5.25. The van der Waals surface area contributed by atoms with Gasteiger partial charge in [-0.25, -0.2) is 0 Å². The predicted molar refractivity (Wildman–Crippen MR) is 101 cm³/mol. The van der Waals surface area contributed by atoms with Gasteiger partial charge in [-0.3, -0.25) is 0 Å². The SMILES string of the molecule is Cc1cc(C(C)(C)C)cc2c1Cc1ccc(C(C)(C)C)cc1C2. The summed E-state index contributed by atoms with van der Waals surface area (Å²) in [6.45, 7) is 16.1. The maximum absolute atomic E-state index is 2.45. The molecule has 0 aliphatic heterocycles. The van der Waals surface area contributed by atoms with Crippen molar-refractivity contribution in [3.8, 4) is 0 Å². The Balaban J connectivity index is 2.06. The second kappa shape index (κ2) is 5.23. The Morgan fingerprint density at radius 3 is 1.87 bits per heavy atom. The van der Waals surface area contributed by atoms with Gasteiger partial charge in [-0.1, -0.05) is 71.9 Å². The van der Waals surface area contributed by atoms with Gasteiger partial charge in [0.05, 0.1) is 0 Å². The smallest absolute Gasteiger partial charge is 0.00174 e. The number of benzene rings is 2. The van der Waals surface area contributed by atoms with Gasteiger partial charge in [0.1, 0.15) is 0 Å². The van der Waals surface area contributed by atoms with Crippen LogP contribution in [0.1, 0.15) is 80.5 Å². The molecule has 0 nitrogen and oxygen atoms in total. The maximum atomic E-state index is 2.45. The van der Waals surface area contributed by atoms with Crippen LogP contribution in [-0.2, 0) is 23.7 Å². The largest absolute Gasteiger partial charge is 0.0582 e. The van der Waals surface area contributed by atoms with E-state index in [1.54, 1.807) is 5.56 Å². The highest BCUT2D eigenvalue weighted by Gasteiger charge is 2.23. The van der Waals surface area contributed by atoms with Crippen molar-refractivity contribution >= 4 is 0 Å². The van der Waals surface area contributed by atoms with E-state index in [1.165, 1.54) is 33.4 Å². The lowest BCUT2D eigenvalue weighted by Gasteiger charge is -2.28. The van der Waals surface area contributed by atoms with Crippen LogP contribution >= 0.6 is 0 Å². The summed E-state index contributed by atoms with van der Waals surface area (Å²) in [5.41, 5.74) is 10.9. The molecule has 0 fully saturated rings. The number of hydrogen-bond acceptors (Lipinski definition) is 0. The van der Waals surface area contributed by atoms with Crippen LogP contribution in [0.4, 0.5) is 0 Å². The van der Waals surface area contributed by atoms with Crippen LogP contribution in [0.15, 0.2) is 30.3 Å². The third-order valence-corrected chi connectivity index (χ3v) is 5.25. The predicted octanol–water partition coefficient (Wildman–Crippen LogP) is 6.09. The van der Waals surface area contributed by atoms with Gasteiger partial charge in [0.15, 0.2) is 0 Å². The van der Waals surface area contributed by atoms with Crippen LogP contribution in [0.5, 0.6) is 0 Å². The molecule has 1 aliphatic carbocycles. The van der Waals surface area contributed by atoms with Crippen molar-refractivity contribution in [3.05, 3.63) is 69.3 Å². The Kier molecular flexibility index (Phi) is 3.71. The average molecular weight is 306 g/mol. The first-order chi connectivity index (χ1) is 10.6. The van der Waals surface area contributed by atoms with Gasteiger partial charge in [0.25, 0.3) is 0 Å². The number of rotatable bonds is 0. The molecule has 0 atom stereocenters. The summed E-state index contributed by atoms with van der Waals surface area (Å²) in [7, 11) is 0. The molecule has 0 amide bonds. The first kappa shape index (κ1) is 16.3. The highest BCUT2D eigenvalue weighted by molar-refractivity contribution is 5.52. The molecule has 0 saturated carbocycles. The monoisotopic (exact) mass is 306 g/mol. The fourth-order valence-corrected chi connectivity index (χ4v) is 3.56. The van der Waals surface area contributed by atoms with E-state index in [-0.39, 0.29) is 10.8 Å². The van der Waals surface area contributed by atoms with Crippen LogP contribution in [0.3, 0.4) is 0 Å². The van der Waals surface area contributed by atoms with Gasteiger partial charge >= 0.3 is 0 Å². The summed E-state index contributed by atoms with van der Waals surface area (Å²) >= 11 is 0. The lowest BCUT2D eigenvalue weighted by atomic mass is 9.77. The van der Waals surface area contributed by atoms with Gasteiger partial charge in [0.2, 0.25) is 0 Å². The van der Waals surface area contributed by atoms with Gasteiger partial charge in [0, 0.05) is 0 Å². The highest BCUT2D eigenvalue weighted by Crippen LogP contribution is 2.35. The molecular weight excluding hydrogens is 276 g/mol. The maximum Gasteiger partial charge on any atom is -0.00174 e. The highest BCUT2D eigenvalue weighted by atomic mass is 14.3. The standard InChI is InChI=1S/C23H30/c1-15-10-20(23(5,6)7)13-18-11-17-12-19(22(2,3)4)9-8-16(17)14-21(15)18/h8-10,12-13H,11,14H2,1-7H3. The zero-order chi connectivity index (χ0) is 17.0. The van der Waals surface area contributed by atoms with Crippen molar-refractivity contribution in [2.75, 3.05) is 0 Å². The molecule has 0 heterocycles. The topological polar surface area (TPSA) is 0 Å². The molecular formula is C23H30. The van der Waals surface area contributed by atoms with Crippen molar-refractivity contribution in [1.29, 1.82) is 0 Å². The third kappa shape index (κ3) is 3.09. The van der Waals surface area contributed by atoms with Gasteiger partial charge in [-0.05, 0) is 69.5 Å². The van der Waals surface area contributed by atoms with Crippen LogP contribution in [0.25, 0.3) is 0 Å². The molecule has 0 spiro atoms. The Morgan fingerprint density at radius 2 is 1.26 bits per heavy atom. The van der Waals surface area contributed by atoms with E-state index in [0.29, 0.717) is 0 Å². The minimum absolute atomic E-state index is 0.216. The zero-order valence-electron chi connectivity index (χ0n) is 15.8. The molecule has 0 saturated heterocycles. The summed E-state index contributed by atoms with van der Waals surface area (Å²) in [6.07, 6.45) is 2.17. The summed E-state index contributed by atoms with van der Waals surface area (Å²) in [5.74, 6) is 0. The van der Waals surface area contributed by atoms with E-state index in [0.717, 1.165) is 12.8 Å². The van der Waals surface area contributed by atoms with Crippen molar-refractivity contribution < 1.29 is 0 Å². The number of aryl methyl sites for hydroxylation is 1. The van der Waals surface area contributed by atoms with Crippen LogP contribution in [0.2, 0.25) is 0 Å². The minimum Gasteiger partial charge on any atom is -0.0582 e. The van der Waals surface area contributed by atoms with Gasteiger partial charge in [-0.15, -0.1) is 0 Å². The van der Waals surface area contributed by atoms with Crippen molar-refractivity contribution in [1.82, 2.24) is 0 Å². The quantitative estimate of drug-likeness (QED) is 0.472. The molecule has 0 aromatic heterocycles. The Labute approximate surface area is 141 Å².